The van der Waals surface area contributed by atoms with Crippen molar-refractivity contribution in [3.05, 3.63) is 70.2 Å². The van der Waals surface area contributed by atoms with Crippen LogP contribution in [-0.4, -0.2) is 42.9 Å². The molecule has 0 spiro atoms. The van der Waals surface area contributed by atoms with Gasteiger partial charge in [0.1, 0.15) is 0 Å². The van der Waals surface area contributed by atoms with Crippen molar-refractivity contribution in [2.45, 2.75) is 19.9 Å². The lowest BCUT2D eigenvalue weighted by molar-refractivity contribution is -0.120. The second-order valence-corrected chi connectivity index (χ2v) is 7.06. The largest absolute Gasteiger partial charge is 0.353 e. The molecule has 2 amide bonds. The lowest BCUT2D eigenvalue weighted by Crippen LogP contribution is -2.42. The number of halogens is 1. The Labute approximate surface area is 169 Å². The second kappa shape index (κ2) is 10.8. The highest BCUT2D eigenvalue weighted by Gasteiger charge is 2.18. The molecule has 5 nitrogen and oxygen atoms in total. The van der Waals surface area contributed by atoms with E-state index in [9.17, 15) is 9.59 Å². The van der Waals surface area contributed by atoms with Gasteiger partial charge < -0.3 is 10.6 Å². The van der Waals surface area contributed by atoms with Gasteiger partial charge in [-0.1, -0.05) is 60.1 Å². The molecule has 144 valence electrons. The Hall–Kier alpha value is -2.18. The zero-order valence-corrected chi connectivity index (χ0v) is 17.3. The van der Waals surface area contributed by atoms with Crippen molar-refractivity contribution in [2.75, 3.05) is 26.2 Å². The highest BCUT2D eigenvalue weighted by atomic mass is 79.9. The Morgan fingerprint density at radius 1 is 0.963 bits per heavy atom. The maximum atomic E-state index is 12.2. The molecule has 2 aromatic rings. The van der Waals surface area contributed by atoms with E-state index in [2.05, 4.69) is 57.4 Å². The SMILES string of the molecule is CCN(CC)C(CNC(=O)CNC(=O)c1ccc(Br)cc1)c1ccccc1. The topological polar surface area (TPSA) is 61.4 Å². The summed E-state index contributed by atoms with van der Waals surface area (Å²) in [6.45, 7) is 6.46. The minimum absolute atomic E-state index is 0.0470. The van der Waals surface area contributed by atoms with Crippen molar-refractivity contribution < 1.29 is 9.59 Å². The number of benzene rings is 2. The Morgan fingerprint density at radius 3 is 2.19 bits per heavy atom. The number of hydrogen-bond acceptors (Lipinski definition) is 3. The van der Waals surface area contributed by atoms with Gasteiger partial charge in [-0.05, 0) is 42.9 Å². The molecule has 0 aliphatic heterocycles. The van der Waals surface area contributed by atoms with Gasteiger partial charge in [-0.2, -0.15) is 0 Å². The van der Waals surface area contributed by atoms with Crippen LogP contribution in [0.5, 0.6) is 0 Å². The molecular formula is C21H26BrN3O2. The number of nitrogens with zero attached hydrogens (tertiary/aromatic N) is 1. The second-order valence-electron chi connectivity index (χ2n) is 6.14. The summed E-state index contributed by atoms with van der Waals surface area (Å²) >= 11 is 3.33. The van der Waals surface area contributed by atoms with Gasteiger partial charge in [-0.15, -0.1) is 0 Å². The molecule has 1 unspecified atom stereocenters. The van der Waals surface area contributed by atoms with Crippen LogP contribution >= 0.6 is 15.9 Å². The minimum Gasteiger partial charge on any atom is -0.353 e. The molecule has 0 fully saturated rings. The van der Waals surface area contributed by atoms with E-state index in [0.717, 1.165) is 17.6 Å². The Balaban J connectivity index is 1.89. The fraction of sp³-hybridized carbons (Fsp3) is 0.333. The normalized spacial score (nSPS) is 11.9. The van der Waals surface area contributed by atoms with Crippen LogP contribution in [0.4, 0.5) is 0 Å². The summed E-state index contributed by atoms with van der Waals surface area (Å²) in [5, 5.41) is 5.60. The first-order chi connectivity index (χ1) is 13.0. The minimum atomic E-state index is -0.263. The summed E-state index contributed by atoms with van der Waals surface area (Å²) in [5.74, 6) is -0.463. The molecule has 0 aliphatic carbocycles. The van der Waals surface area contributed by atoms with Crippen molar-refractivity contribution in [3.8, 4) is 0 Å². The Bertz CT molecular complexity index is 731. The standard InChI is InChI=1S/C21H26BrN3O2/c1-3-25(4-2)19(16-8-6-5-7-9-16)14-23-20(26)15-24-21(27)17-10-12-18(22)13-11-17/h5-13,19H,3-4,14-15H2,1-2H3,(H,23,26)(H,24,27). The monoisotopic (exact) mass is 431 g/mol. The van der Waals surface area contributed by atoms with Gasteiger partial charge in [0, 0.05) is 16.6 Å². The molecule has 0 aliphatic rings. The maximum absolute atomic E-state index is 12.2. The predicted octanol–water partition coefficient (Wildman–Crippen LogP) is 3.38. The fourth-order valence-corrected chi connectivity index (χ4v) is 3.20. The van der Waals surface area contributed by atoms with Crippen molar-refractivity contribution in [3.63, 3.8) is 0 Å². The third kappa shape index (κ3) is 6.48. The summed E-state index contributed by atoms with van der Waals surface area (Å²) in [6, 6.07) is 17.3. The quantitative estimate of drug-likeness (QED) is 0.639. The average Bonchev–Trinajstić information content (AvgIpc) is 2.70. The summed E-state index contributed by atoms with van der Waals surface area (Å²) in [7, 11) is 0. The number of hydrogen-bond donors (Lipinski definition) is 2. The number of rotatable bonds is 9. The highest BCUT2D eigenvalue weighted by molar-refractivity contribution is 9.10. The van der Waals surface area contributed by atoms with E-state index >= 15 is 0 Å². The van der Waals surface area contributed by atoms with Crippen LogP contribution in [-0.2, 0) is 4.79 Å². The zero-order valence-electron chi connectivity index (χ0n) is 15.7. The maximum Gasteiger partial charge on any atom is 0.251 e. The molecule has 0 saturated heterocycles. The number of amides is 2. The van der Waals surface area contributed by atoms with Crippen LogP contribution < -0.4 is 10.6 Å². The van der Waals surface area contributed by atoms with E-state index in [1.165, 1.54) is 5.56 Å². The molecule has 2 aromatic carbocycles. The van der Waals surface area contributed by atoms with Gasteiger partial charge in [-0.25, -0.2) is 0 Å². The molecule has 27 heavy (non-hydrogen) atoms. The van der Waals surface area contributed by atoms with Crippen molar-refractivity contribution >= 4 is 27.7 Å². The van der Waals surface area contributed by atoms with Gasteiger partial charge in [0.2, 0.25) is 5.91 Å². The molecule has 2 N–H and O–H groups in total. The molecule has 0 aromatic heterocycles. The van der Waals surface area contributed by atoms with E-state index in [1.54, 1.807) is 24.3 Å². The molecule has 0 heterocycles. The highest BCUT2D eigenvalue weighted by Crippen LogP contribution is 2.19. The van der Waals surface area contributed by atoms with Gasteiger partial charge >= 0.3 is 0 Å². The lowest BCUT2D eigenvalue weighted by atomic mass is 10.1. The van der Waals surface area contributed by atoms with Crippen LogP contribution in [0.15, 0.2) is 59.1 Å². The molecule has 6 heteroatoms. The van der Waals surface area contributed by atoms with Crippen molar-refractivity contribution in [2.24, 2.45) is 0 Å². The lowest BCUT2D eigenvalue weighted by Gasteiger charge is -2.30. The molecular weight excluding hydrogens is 406 g/mol. The Morgan fingerprint density at radius 2 is 1.59 bits per heavy atom. The first kappa shape index (κ1) is 21.1. The number of likely N-dealkylation sites (N-methyl/N-ethyl adjacent to an activating group) is 1. The van der Waals surface area contributed by atoms with E-state index < -0.39 is 0 Å². The van der Waals surface area contributed by atoms with E-state index in [-0.39, 0.29) is 24.4 Å². The van der Waals surface area contributed by atoms with Crippen LogP contribution in [0.3, 0.4) is 0 Å². The number of carbonyl (C=O) groups is 2. The van der Waals surface area contributed by atoms with Gasteiger partial charge in [0.05, 0.1) is 12.6 Å². The summed E-state index contributed by atoms with van der Waals surface area (Å²) in [4.78, 5) is 26.6. The van der Waals surface area contributed by atoms with Crippen molar-refractivity contribution in [1.82, 2.24) is 15.5 Å². The number of nitrogens with one attached hydrogen (secondary N) is 2. The first-order valence-corrected chi connectivity index (χ1v) is 9.93. The summed E-state index contributed by atoms with van der Waals surface area (Å²) < 4.78 is 0.903. The van der Waals surface area contributed by atoms with Gasteiger partial charge in [0.25, 0.3) is 5.91 Å². The smallest absolute Gasteiger partial charge is 0.251 e. The molecule has 0 radical (unpaired) electrons. The molecule has 0 saturated carbocycles. The fourth-order valence-electron chi connectivity index (χ4n) is 2.93. The predicted molar refractivity (Wildman–Crippen MR) is 112 cm³/mol. The van der Waals surface area contributed by atoms with E-state index in [1.807, 2.05) is 18.2 Å². The molecule has 0 bridgehead atoms. The van der Waals surface area contributed by atoms with Crippen molar-refractivity contribution in [1.29, 1.82) is 0 Å². The Kier molecular flexibility index (Phi) is 8.48. The van der Waals surface area contributed by atoms with Crippen LogP contribution in [0.2, 0.25) is 0 Å². The van der Waals surface area contributed by atoms with Crippen LogP contribution in [0.25, 0.3) is 0 Å². The first-order valence-electron chi connectivity index (χ1n) is 9.14. The van der Waals surface area contributed by atoms with E-state index in [4.69, 9.17) is 0 Å². The zero-order chi connectivity index (χ0) is 19.6. The van der Waals surface area contributed by atoms with Crippen LogP contribution in [0, 0.1) is 0 Å². The molecule has 2 rings (SSSR count). The summed E-state index contributed by atoms with van der Waals surface area (Å²) in [6.07, 6.45) is 0. The number of carbonyl (C=O) groups excluding carboxylic acids is 2. The molecule has 1 atom stereocenters. The average molecular weight is 432 g/mol. The summed E-state index contributed by atoms with van der Waals surface area (Å²) in [5.41, 5.74) is 1.69. The third-order valence-electron chi connectivity index (χ3n) is 4.45. The van der Waals surface area contributed by atoms with E-state index in [0.29, 0.717) is 12.1 Å². The van der Waals surface area contributed by atoms with Gasteiger partial charge in [0.15, 0.2) is 0 Å². The third-order valence-corrected chi connectivity index (χ3v) is 4.97. The van der Waals surface area contributed by atoms with Gasteiger partial charge in [-0.3, -0.25) is 14.5 Å². The van der Waals surface area contributed by atoms with Crippen LogP contribution in [0.1, 0.15) is 35.8 Å².